The standard InChI is InChI=1S/C14H27ClO3/c1-10(2)14(6,9-13(3,4)5)12(17)18-8-11(16)7-15/h10-11,16H,7-9H2,1-6H3. The number of esters is 1. The van der Waals surface area contributed by atoms with E-state index in [-0.39, 0.29) is 29.8 Å². The molecular formula is C14H27ClO3. The van der Waals surface area contributed by atoms with Crippen molar-refractivity contribution < 1.29 is 14.6 Å². The predicted molar refractivity (Wildman–Crippen MR) is 74.7 cm³/mol. The largest absolute Gasteiger partial charge is 0.462 e. The SMILES string of the molecule is CC(C)C(C)(CC(C)(C)C)C(=O)OCC(O)CCl. The fourth-order valence-electron chi connectivity index (χ4n) is 1.99. The molecule has 0 aromatic heterocycles. The minimum atomic E-state index is -0.790. The van der Waals surface area contributed by atoms with E-state index >= 15 is 0 Å². The van der Waals surface area contributed by atoms with Gasteiger partial charge in [-0.05, 0) is 24.7 Å². The number of aliphatic hydroxyl groups is 1. The Morgan fingerprint density at radius 1 is 1.28 bits per heavy atom. The van der Waals surface area contributed by atoms with Crippen LogP contribution >= 0.6 is 11.6 Å². The summed E-state index contributed by atoms with van der Waals surface area (Å²) in [5.74, 6) is -0.000687. The van der Waals surface area contributed by atoms with Crippen LogP contribution in [0, 0.1) is 16.7 Å². The van der Waals surface area contributed by atoms with Crippen molar-refractivity contribution in [2.45, 2.75) is 54.1 Å². The molecule has 1 N–H and O–H groups in total. The van der Waals surface area contributed by atoms with Crippen LogP contribution in [0.1, 0.15) is 48.0 Å². The first-order valence-corrected chi connectivity index (χ1v) is 6.97. The second-order valence-corrected chi connectivity index (χ2v) is 7.02. The molecule has 108 valence electrons. The Morgan fingerprint density at radius 3 is 2.11 bits per heavy atom. The molecule has 0 aromatic carbocycles. The van der Waals surface area contributed by atoms with Crippen LogP contribution in [0.4, 0.5) is 0 Å². The summed E-state index contributed by atoms with van der Waals surface area (Å²) in [6.45, 7) is 12.3. The van der Waals surface area contributed by atoms with Crippen molar-refractivity contribution in [1.29, 1.82) is 0 Å². The highest BCUT2D eigenvalue weighted by atomic mass is 35.5. The zero-order valence-corrected chi connectivity index (χ0v) is 13.2. The Kier molecular flexibility index (Phi) is 6.66. The molecule has 3 nitrogen and oxygen atoms in total. The van der Waals surface area contributed by atoms with Crippen LogP contribution in [0.5, 0.6) is 0 Å². The van der Waals surface area contributed by atoms with Gasteiger partial charge in [-0.2, -0.15) is 0 Å². The summed E-state index contributed by atoms with van der Waals surface area (Å²) in [4.78, 5) is 12.2. The molecule has 0 bridgehead atoms. The number of carbonyl (C=O) groups is 1. The lowest BCUT2D eigenvalue weighted by molar-refractivity contribution is -0.162. The first-order valence-electron chi connectivity index (χ1n) is 6.44. The third-order valence-electron chi connectivity index (χ3n) is 3.22. The lowest BCUT2D eigenvalue weighted by Crippen LogP contribution is -2.39. The summed E-state index contributed by atoms with van der Waals surface area (Å²) < 4.78 is 5.19. The third kappa shape index (κ3) is 5.57. The van der Waals surface area contributed by atoms with Crippen molar-refractivity contribution in [2.24, 2.45) is 16.7 Å². The Bertz CT molecular complexity index is 271. The van der Waals surface area contributed by atoms with Crippen LogP contribution in [-0.2, 0) is 9.53 Å². The van der Waals surface area contributed by atoms with E-state index in [1.165, 1.54) is 0 Å². The third-order valence-corrected chi connectivity index (χ3v) is 3.58. The van der Waals surface area contributed by atoms with E-state index in [1.54, 1.807) is 0 Å². The molecule has 0 aliphatic carbocycles. The van der Waals surface area contributed by atoms with Crippen LogP contribution in [-0.4, -0.2) is 29.7 Å². The molecule has 0 saturated heterocycles. The minimum absolute atomic E-state index is 0.0330. The highest BCUT2D eigenvalue weighted by Gasteiger charge is 2.41. The van der Waals surface area contributed by atoms with Gasteiger partial charge in [-0.15, -0.1) is 11.6 Å². The highest BCUT2D eigenvalue weighted by molar-refractivity contribution is 6.18. The van der Waals surface area contributed by atoms with Gasteiger partial charge in [-0.25, -0.2) is 0 Å². The van der Waals surface area contributed by atoms with E-state index in [9.17, 15) is 9.90 Å². The first kappa shape index (κ1) is 17.7. The maximum atomic E-state index is 12.2. The van der Waals surface area contributed by atoms with Crippen LogP contribution in [0.15, 0.2) is 0 Å². The lowest BCUT2D eigenvalue weighted by Gasteiger charge is -2.37. The molecule has 4 heteroatoms. The molecule has 18 heavy (non-hydrogen) atoms. The molecule has 2 atom stereocenters. The second-order valence-electron chi connectivity index (χ2n) is 6.72. The monoisotopic (exact) mass is 278 g/mol. The number of halogens is 1. The Morgan fingerprint density at radius 2 is 1.78 bits per heavy atom. The van der Waals surface area contributed by atoms with Gasteiger partial charge in [0.1, 0.15) is 12.7 Å². The Labute approximate surface area is 116 Å². The van der Waals surface area contributed by atoms with Crippen molar-refractivity contribution in [2.75, 3.05) is 12.5 Å². The molecule has 0 amide bonds. The van der Waals surface area contributed by atoms with E-state index in [0.717, 1.165) is 6.42 Å². The average molecular weight is 279 g/mol. The number of aliphatic hydroxyl groups excluding tert-OH is 1. The molecule has 2 unspecified atom stereocenters. The maximum Gasteiger partial charge on any atom is 0.312 e. The smallest absolute Gasteiger partial charge is 0.312 e. The fraction of sp³-hybridized carbons (Fsp3) is 0.929. The normalized spacial score (nSPS) is 17.4. The molecule has 0 heterocycles. The summed E-state index contributed by atoms with van der Waals surface area (Å²) in [7, 11) is 0. The number of alkyl halides is 1. The first-order chi connectivity index (χ1) is 8.03. The molecule has 0 aromatic rings. The summed E-state index contributed by atoms with van der Waals surface area (Å²) in [6.07, 6.45) is -0.0466. The van der Waals surface area contributed by atoms with Gasteiger partial charge in [0.2, 0.25) is 0 Å². The predicted octanol–water partition coefficient (Wildman–Crippen LogP) is 3.23. The molecule has 0 fully saturated rings. The van der Waals surface area contributed by atoms with E-state index in [2.05, 4.69) is 20.8 Å². The van der Waals surface area contributed by atoms with E-state index in [0.29, 0.717) is 0 Å². The van der Waals surface area contributed by atoms with Gasteiger partial charge < -0.3 is 9.84 Å². The Hall–Kier alpha value is -0.280. The number of hydrogen-bond acceptors (Lipinski definition) is 3. The summed E-state index contributed by atoms with van der Waals surface area (Å²) in [6, 6.07) is 0. The van der Waals surface area contributed by atoms with E-state index in [1.807, 2.05) is 20.8 Å². The molecule has 0 radical (unpaired) electrons. The molecule has 0 rings (SSSR count). The summed E-state index contributed by atoms with van der Waals surface area (Å²) >= 11 is 5.48. The van der Waals surface area contributed by atoms with Gasteiger partial charge in [0.05, 0.1) is 11.3 Å². The zero-order chi connectivity index (χ0) is 14.6. The molecule has 0 saturated carbocycles. The number of ether oxygens (including phenoxy) is 1. The Balaban J connectivity index is 4.73. The fourth-order valence-corrected chi connectivity index (χ4v) is 2.08. The quantitative estimate of drug-likeness (QED) is 0.599. The number of rotatable bonds is 6. The molecular weight excluding hydrogens is 252 g/mol. The van der Waals surface area contributed by atoms with Crippen LogP contribution in [0.2, 0.25) is 0 Å². The van der Waals surface area contributed by atoms with Gasteiger partial charge in [-0.1, -0.05) is 34.6 Å². The summed E-state index contributed by atoms with van der Waals surface area (Å²) in [5, 5.41) is 9.33. The van der Waals surface area contributed by atoms with Crippen LogP contribution in [0.3, 0.4) is 0 Å². The van der Waals surface area contributed by atoms with Crippen molar-refractivity contribution in [1.82, 2.24) is 0 Å². The maximum absolute atomic E-state index is 12.2. The van der Waals surface area contributed by atoms with E-state index < -0.39 is 11.5 Å². The van der Waals surface area contributed by atoms with Gasteiger partial charge in [0, 0.05) is 0 Å². The topological polar surface area (TPSA) is 46.5 Å². The van der Waals surface area contributed by atoms with Gasteiger partial charge in [0.15, 0.2) is 0 Å². The molecule has 0 aliphatic rings. The lowest BCUT2D eigenvalue weighted by atomic mass is 9.69. The van der Waals surface area contributed by atoms with Gasteiger partial charge >= 0.3 is 5.97 Å². The van der Waals surface area contributed by atoms with Crippen molar-refractivity contribution >= 4 is 17.6 Å². The van der Waals surface area contributed by atoms with Crippen LogP contribution in [0.25, 0.3) is 0 Å². The van der Waals surface area contributed by atoms with Crippen LogP contribution < -0.4 is 0 Å². The average Bonchev–Trinajstić information content (AvgIpc) is 2.22. The summed E-state index contributed by atoms with van der Waals surface area (Å²) in [5.41, 5.74) is -0.493. The van der Waals surface area contributed by atoms with Crippen molar-refractivity contribution in [3.63, 3.8) is 0 Å². The molecule has 0 aliphatic heterocycles. The number of hydrogen-bond donors (Lipinski definition) is 1. The second kappa shape index (κ2) is 6.76. The molecule has 0 spiro atoms. The zero-order valence-electron chi connectivity index (χ0n) is 12.4. The van der Waals surface area contributed by atoms with Gasteiger partial charge in [0.25, 0.3) is 0 Å². The van der Waals surface area contributed by atoms with E-state index in [4.69, 9.17) is 16.3 Å². The number of carbonyl (C=O) groups excluding carboxylic acids is 1. The minimum Gasteiger partial charge on any atom is -0.462 e. The van der Waals surface area contributed by atoms with Crippen molar-refractivity contribution in [3.05, 3.63) is 0 Å². The highest BCUT2D eigenvalue weighted by Crippen LogP contribution is 2.40. The van der Waals surface area contributed by atoms with Crippen molar-refractivity contribution in [3.8, 4) is 0 Å². The van der Waals surface area contributed by atoms with Gasteiger partial charge in [-0.3, -0.25) is 4.79 Å².